The lowest BCUT2D eigenvalue weighted by molar-refractivity contribution is 0.110. The van der Waals surface area contributed by atoms with Gasteiger partial charge in [-0.3, -0.25) is 4.90 Å². The fourth-order valence-corrected chi connectivity index (χ4v) is 3.45. The molecule has 1 fully saturated rings. The zero-order valence-corrected chi connectivity index (χ0v) is 15.8. The Kier molecular flexibility index (Phi) is 8.42. The summed E-state index contributed by atoms with van der Waals surface area (Å²) in [5.74, 6) is 1.31. The van der Waals surface area contributed by atoms with Gasteiger partial charge in [-0.15, -0.1) is 0 Å². The van der Waals surface area contributed by atoms with Crippen LogP contribution in [0.1, 0.15) is 39.5 Å². The normalized spacial score (nSPS) is 17.3. The molecular formula is C21H32FNO2. The van der Waals surface area contributed by atoms with Crippen molar-refractivity contribution in [2.45, 2.75) is 45.6 Å². The van der Waals surface area contributed by atoms with Crippen LogP contribution in [-0.2, 0) is 4.74 Å². The number of halogens is 1. The van der Waals surface area contributed by atoms with E-state index in [4.69, 9.17) is 9.47 Å². The van der Waals surface area contributed by atoms with Crippen LogP contribution in [0, 0.1) is 11.7 Å². The lowest BCUT2D eigenvalue weighted by Crippen LogP contribution is -2.43. The van der Waals surface area contributed by atoms with E-state index in [0.29, 0.717) is 6.61 Å². The first-order valence-corrected chi connectivity index (χ1v) is 9.35. The second kappa shape index (κ2) is 10.6. The molecule has 1 saturated heterocycles. The summed E-state index contributed by atoms with van der Waals surface area (Å²) in [6.45, 7) is 7.94. The Balaban J connectivity index is 1.85. The van der Waals surface area contributed by atoms with E-state index in [1.807, 2.05) is 0 Å². The van der Waals surface area contributed by atoms with Gasteiger partial charge in [0.25, 0.3) is 0 Å². The van der Waals surface area contributed by atoms with Crippen molar-refractivity contribution in [3.63, 3.8) is 0 Å². The Bertz CT molecular complexity index is 517. The highest BCUT2D eigenvalue weighted by Crippen LogP contribution is 2.24. The van der Waals surface area contributed by atoms with Gasteiger partial charge in [-0.25, -0.2) is 4.39 Å². The van der Waals surface area contributed by atoms with E-state index in [-0.39, 0.29) is 11.9 Å². The molecule has 0 amide bonds. The zero-order chi connectivity index (χ0) is 18.1. The summed E-state index contributed by atoms with van der Waals surface area (Å²) in [5.41, 5.74) is 1.30. The predicted molar refractivity (Wildman–Crippen MR) is 101 cm³/mol. The summed E-state index contributed by atoms with van der Waals surface area (Å²) < 4.78 is 24.1. The van der Waals surface area contributed by atoms with E-state index in [1.165, 1.54) is 37.0 Å². The lowest BCUT2D eigenvalue weighted by atomic mass is 9.91. The van der Waals surface area contributed by atoms with Gasteiger partial charge in [-0.1, -0.05) is 11.6 Å². The minimum Gasteiger partial charge on any atom is -0.492 e. The molecule has 0 saturated carbocycles. The van der Waals surface area contributed by atoms with Gasteiger partial charge in [0.15, 0.2) is 0 Å². The van der Waals surface area contributed by atoms with Crippen LogP contribution in [0.3, 0.4) is 0 Å². The molecule has 0 N–H and O–H groups in total. The number of ether oxygens (including phenoxy) is 2. The maximum absolute atomic E-state index is 13.0. The van der Waals surface area contributed by atoms with Crippen LogP contribution in [0.4, 0.5) is 4.39 Å². The Hall–Kier alpha value is -1.39. The van der Waals surface area contributed by atoms with E-state index in [9.17, 15) is 4.39 Å². The molecule has 1 aliphatic rings. The molecule has 1 atom stereocenters. The van der Waals surface area contributed by atoms with Gasteiger partial charge in [0.05, 0.1) is 6.04 Å². The molecule has 0 bridgehead atoms. The van der Waals surface area contributed by atoms with Crippen molar-refractivity contribution in [2.75, 3.05) is 33.4 Å². The second-order valence-corrected chi connectivity index (χ2v) is 7.19. The molecule has 1 aliphatic heterocycles. The number of methoxy groups -OCH3 is 1. The highest BCUT2D eigenvalue weighted by Gasteiger charge is 2.24. The van der Waals surface area contributed by atoms with Crippen molar-refractivity contribution >= 4 is 0 Å². The largest absolute Gasteiger partial charge is 0.492 e. The average molecular weight is 349 g/mol. The molecular weight excluding hydrogens is 317 g/mol. The fourth-order valence-electron chi connectivity index (χ4n) is 3.45. The zero-order valence-electron chi connectivity index (χ0n) is 15.8. The molecule has 140 valence electrons. The van der Waals surface area contributed by atoms with Crippen molar-refractivity contribution in [3.8, 4) is 5.75 Å². The van der Waals surface area contributed by atoms with Crippen LogP contribution in [-0.4, -0.2) is 44.4 Å². The van der Waals surface area contributed by atoms with Gasteiger partial charge < -0.3 is 9.47 Å². The second-order valence-electron chi connectivity index (χ2n) is 7.19. The van der Waals surface area contributed by atoms with Crippen molar-refractivity contribution in [1.82, 2.24) is 4.90 Å². The first kappa shape index (κ1) is 19.9. The van der Waals surface area contributed by atoms with Crippen LogP contribution in [0.15, 0.2) is 35.9 Å². The molecule has 0 aromatic heterocycles. The van der Waals surface area contributed by atoms with Crippen LogP contribution >= 0.6 is 0 Å². The van der Waals surface area contributed by atoms with Crippen LogP contribution in [0.2, 0.25) is 0 Å². The third-order valence-corrected chi connectivity index (χ3v) is 4.84. The topological polar surface area (TPSA) is 21.7 Å². The highest BCUT2D eigenvalue weighted by atomic mass is 19.1. The Morgan fingerprint density at radius 2 is 1.92 bits per heavy atom. The van der Waals surface area contributed by atoms with Gasteiger partial charge in [-0.2, -0.15) is 0 Å². The first-order valence-electron chi connectivity index (χ1n) is 9.35. The van der Waals surface area contributed by atoms with Crippen molar-refractivity contribution < 1.29 is 13.9 Å². The molecule has 3 nitrogen and oxygen atoms in total. The van der Waals surface area contributed by atoms with E-state index < -0.39 is 0 Å². The molecule has 1 aromatic rings. The number of nitrogens with zero attached hydrogens (tertiary/aromatic N) is 1. The van der Waals surface area contributed by atoms with Crippen molar-refractivity contribution in [2.24, 2.45) is 5.92 Å². The molecule has 1 heterocycles. The maximum atomic E-state index is 13.0. The number of piperidine rings is 1. The first-order chi connectivity index (χ1) is 12.1. The number of allylic oxidation sites excluding steroid dienone is 1. The third-order valence-electron chi connectivity index (χ3n) is 4.84. The van der Waals surface area contributed by atoms with Crippen LogP contribution in [0.5, 0.6) is 5.75 Å². The predicted octanol–water partition coefficient (Wildman–Crippen LogP) is 4.68. The minimum atomic E-state index is -0.233. The van der Waals surface area contributed by atoms with Gasteiger partial charge in [0.2, 0.25) is 0 Å². The number of hydrogen-bond acceptors (Lipinski definition) is 3. The molecule has 4 heteroatoms. The Morgan fingerprint density at radius 3 is 2.52 bits per heavy atom. The summed E-state index contributed by atoms with van der Waals surface area (Å²) in [6.07, 6.45) is 7.20. The van der Waals surface area contributed by atoms with Crippen molar-refractivity contribution in [3.05, 3.63) is 41.7 Å². The SMILES string of the molecule is COCCCC1CCN(C(C=C(C)C)COc2ccc(F)cc2)CC1. The Labute approximate surface area is 151 Å². The fraction of sp³-hybridized carbons (Fsp3) is 0.619. The van der Waals surface area contributed by atoms with E-state index in [2.05, 4.69) is 24.8 Å². The summed E-state index contributed by atoms with van der Waals surface area (Å²) in [4.78, 5) is 2.52. The standard InChI is InChI=1S/C21H32FNO2/c1-17(2)15-20(16-25-21-8-6-19(22)7-9-21)23-12-10-18(11-13-23)5-4-14-24-3/h6-9,15,18,20H,4-5,10-14,16H2,1-3H3. The Morgan fingerprint density at radius 1 is 1.24 bits per heavy atom. The summed E-state index contributed by atoms with van der Waals surface area (Å²) >= 11 is 0. The minimum absolute atomic E-state index is 0.233. The summed E-state index contributed by atoms with van der Waals surface area (Å²) in [5, 5.41) is 0. The molecule has 25 heavy (non-hydrogen) atoms. The molecule has 0 spiro atoms. The van der Waals surface area contributed by atoms with Crippen LogP contribution < -0.4 is 4.74 Å². The molecule has 1 unspecified atom stereocenters. The lowest BCUT2D eigenvalue weighted by Gasteiger charge is -2.36. The number of benzene rings is 1. The molecule has 0 aliphatic carbocycles. The quantitative estimate of drug-likeness (QED) is 0.477. The van der Waals surface area contributed by atoms with Crippen LogP contribution in [0.25, 0.3) is 0 Å². The molecule has 2 rings (SSSR count). The highest BCUT2D eigenvalue weighted by molar-refractivity contribution is 5.22. The number of hydrogen-bond donors (Lipinski definition) is 0. The molecule has 0 radical (unpaired) electrons. The van der Waals surface area contributed by atoms with Crippen molar-refractivity contribution in [1.29, 1.82) is 0 Å². The van der Waals surface area contributed by atoms with Gasteiger partial charge >= 0.3 is 0 Å². The van der Waals surface area contributed by atoms with Gasteiger partial charge in [-0.05, 0) is 82.8 Å². The smallest absolute Gasteiger partial charge is 0.123 e. The van der Waals surface area contributed by atoms with E-state index in [0.717, 1.165) is 37.8 Å². The number of rotatable bonds is 9. The maximum Gasteiger partial charge on any atom is 0.123 e. The summed E-state index contributed by atoms with van der Waals surface area (Å²) in [7, 11) is 1.77. The average Bonchev–Trinajstić information content (AvgIpc) is 2.60. The summed E-state index contributed by atoms with van der Waals surface area (Å²) in [6, 6.07) is 6.54. The van der Waals surface area contributed by atoms with Gasteiger partial charge in [0.1, 0.15) is 18.2 Å². The monoisotopic (exact) mass is 349 g/mol. The van der Waals surface area contributed by atoms with E-state index >= 15 is 0 Å². The van der Waals surface area contributed by atoms with Gasteiger partial charge in [0, 0.05) is 13.7 Å². The van der Waals surface area contributed by atoms with E-state index in [1.54, 1.807) is 19.2 Å². The third kappa shape index (κ3) is 7.17. The number of likely N-dealkylation sites (tertiary alicyclic amines) is 1. The molecule has 1 aromatic carbocycles.